The number of hydrogen-bond acceptors (Lipinski definition) is 4. The maximum Gasteiger partial charge on any atom is 0.271 e. The first-order valence-electron chi connectivity index (χ1n) is 11.2. The second-order valence-electron chi connectivity index (χ2n) is 8.12. The van der Waals surface area contributed by atoms with E-state index in [1.54, 1.807) is 55.5 Å². The lowest BCUT2D eigenvalue weighted by Crippen LogP contribution is -2.43. The van der Waals surface area contributed by atoms with Crippen molar-refractivity contribution in [2.45, 2.75) is 20.0 Å². The van der Waals surface area contributed by atoms with Crippen molar-refractivity contribution in [2.24, 2.45) is 0 Å². The summed E-state index contributed by atoms with van der Waals surface area (Å²) < 4.78 is 19.5. The number of ether oxygens (including phenoxy) is 1. The lowest BCUT2D eigenvalue weighted by atomic mass is 9.93. The van der Waals surface area contributed by atoms with E-state index in [2.05, 4.69) is 0 Å². The van der Waals surface area contributed by atoms with Gasteiger partial charge in [0.15, 0.2) is 0 Å². The van der Waals surface area contributed by atoms with E-state index >= 15 is 0 Å². The van der Waals surface area contributed by atoms with Crippen molar-refractivity contribution in [3.63, 3.8) is 0 Å². The summed E-state index contributed by atoms with van der Waals surface area (Å²) >= 11 is 0. The van der Waals surface area contributed by atoms with Gasteiger partial charge in [-0.1, -0.05) is 60.7 Å². The molecule has 35 heavy (non-hydrogen) atoms. The Morgan fingerprint density at radius 1 is 0.943 bits per heavy atom. The van der Waals surface area contributed by atoms with Crippen LogP contribution in [0.15, 0.2) is 95.6 Å². The van der Waals surface area contributed by atoms with Crippen LogP contribution in [0.5, 0.6) is 5.75 Å². The van der Waals surface area contributed by atoms with E-state index in [4.69, 9.17) is 4.74 Å². The standard InChI is InChI=1S/C29H23FN2O3/c1-20-25(17-22-11-13-24(14-12-22)35-19-23-9-5-6-10-27(23)30)28(33)32(29(34)26(20)18-31)16-15-21-7-3-2-4-8-21/h2-14,17H,15-16,19H2,1H3/b25-17+. The second kappa shape index (κ2) is 10.6. The molecule has 0 aliphatic carbocycles. The molecule has 0 unspecified atom stereocenters. The van der Waals surface area contributed by atoms with Crippen LogP contribution in [0.1, 0.15) is 23.6 Å². The predicted molar refractivity (Wildman–Crippen MR) is 130 cm³/mol. The Hall–Kier alpha value is -4.50. The summed E-state index contributed by atoms with van der Waals surface area (Å²) in [4.78, 5) is 27.2. The molecule has 1 aliphatic rings. The van der Waals surface area contributed by atoms with Gasteiger partial charge >= 0.3 is 0 Å². The summed E-state index contributed by atoms with van der Waals surface area (Å²) in [6, 6.07) is 24.9. The molecule has 0 saturated heterocycles. The van der Waals surface area contributed by atoms with Crippen LogP contribution in [-0.4, -0.2) is 23.3 Å². The molecule has 0 saturated carbocycles. The zero-order valence-electron chi connectivity index (χ0n) is 19.2. The number of halogens is 1. The number of imide groups is 1. The molecule has 0 fully saturated rings. The van der Waals surface area contributed by atoms with Gasteiger partial charge in [-0.15, -0.1) is 0 Å². The highest BCUT2D eigenvalue weighted by Gasteiger charge is 2.35. The third-order valence-electron chi connectivity index (χ3n) is 5.84. The van der Waals surface area contributed by atoms with E-state index in [1.165, 1.54) is 6.07 Å². The van der Waals surface area contributed by atoms with E-state index in [9.17, 15) is 19.2 Å². The fourth-order valence-corrected chi connectivity index (χ4v) is 3.82. The molecule has 1 aliphatic heterocycles. The van der Waals surface area contributed by atoms with Crippen LogP contribution in [0.25, 0.3) is 6.08 Å². The maximum absolute atomic E-state index is 13.8. The van der Waals surface area contributed by atoms with E-state index in [0.29, 0.717) is 34.4 Å². The maximum atomic E-state index is 13.8. The highest BCUT2D eigenvalue weighted by molar-refractivity contribution is 6.19. The van der Waals surface area contributed by atoms with Gasteiger partial charge in [0, 0.05) is 17.7 Å². The lowest BCUT2D eigenvalue weighted by Gasteiger charge is -2.27. The van der Waals surface area contributed by atoms with Crippen LogP contribution in [-0.2, 0) is 22.6 Å². The third-order valence-corrected chi connectivity index (χ3v) is 5.84. The predicted octanol–water partition coefficient (Wildman–Crippen LogP) is 5.24. The van der Waals surface area contributed by atoms with Gasteiger partial charge in [0.2, 0.25) is 0 Å². The number of amides is 2. The van der Waals surface area contributed by atoms with Crippen molar-refractivity contribution in [3.05, 3.63) is 118 Å². The molecule has 174 valence electrons. The van der Waals surface area contributed by atoms with Crippen LogP contribution < -0.4 is 4.74 Å². The van der Waals surface area contributed by atoms with Gasteiger partial charge in [-0.25, -0.2) is 4.39 Å². The van der Waals surface area contributed by atoms with Crippen LogP contribution in [0.2, 0.25) is 0 Å². The summed E-state index contributed by atoms with van der Waals surface area (Å²) in [5.74, 6) is -0.774. The van der Waals surface area contributed by atoms with E-state index in [0.717, 1.165) is 10.5 Å². The topological polar surface area (TPSA) is 70.4 Å². The molecule has 0 N–H and O–H groups in total. The summed E-state index contributed by atoms with van der Waals surface area (Å²) in [7, 11) is 0. The van der Waals surface area contributed by atoms with Gasteiger partial charge in [-0.2, -0.15) is 5.26 Å². The van der Waals surface area contributed by atoms with Crippen molar-refractivity contribution < 1.29 is 18.7 Å². The fourth-order valence-electron chi connectivity index (χ4n) is 3.82. The van der Waals surface area contributed by atoms with Crippen molar-refractivity contribution >= 4 is 17.9 Å². The normalized spacial score (nSPS) is 14.9. The first-order chi connectivity index (χ1) is 17.0. The fraction of sp³-hybridized carbons (Fsp3) is 0.138. The molecule has 5 nitrogen and oxygen atoms in total. The number of carbonyl (C=O) groups excluding carboxylic acids is 2. The van der Waals surface area contributed by atoms with Gasteiger partial charge in [0.05, 0.1) is 0 Å². The summed E-state index contributed by atoms with van der Waals surface area (Å²) in [6.45, 7) is 1.89. The van der Waals surface area contributed by atoms with Gasteiger partial charge in [-0.3, -0.25) is 14.5 Å². The van der Waals surface area contributed by atoms with Gasteiger partial charge in [-0.05, 0) is 54.3 Å². The average Bonchev–Trinajstić information content (AvgIpc) is 2.88. The summed E-state index contributed by atoms with van der Waals surface area (Å²) in [5, 5.41) is 9.58. The van der Waals surface area contributed by atoms with Gasteiger partial charge in [0.1, 0.15) is 29.8 Å². The van der Waals surface area contributed by atoms with E-state index in [1.807, 2.05) is 36.4 Å². The molecule has 4 rings (SSSR count). The van der Waals surface area contributed by atoms with Crippen LogP contribution in [0.3, 0.4) is 0 Å². The minimum Gasteiger partial charge on any atom is -0.489 e. The number of hydrogen-bond donors (Lipinski definition) is 0. The van der Waals surface area contributed by atoms with Crippen molar-refractivity contribution in [1.29, 1.82) is 5.26 Å². The van der Waals surface area contributed by atoms with Crippen LogP contribution in [0.4, 0.5) is 4.39 Å². The zero-order chi connectivity index (χ0) is 24.8. The first kappa shape index (κ1) is 23.7. The number of carbonyl (C=O) groups is 2. The van der Waals surface area contributed by atoms with Crippen LogP contribution >= 0.6 is 0 Å². The van der Waals surface area contributed by atoms with Crippen molar-refractivity contribution in [2.75, 3.05) is 6.54 Å². The lowest BCUT2D eigenvalue weighted by molar-refractivity contribution is -0.140. The molecule has 3 aromatic carbocycles. The first-order valence-corrected chi connectivity index (χ1v) is 11.2. The second-order valence-corrected chi connectivity index (χ2v) is 8.12. The molecule has 2 amide bonds. The van der Waals surface area contributed by atoms with Gasteiger partial charge < -0.3 is 4.74 Å². The Balaban J connectivity index is 1.53. The third kappa shape index (κ3) is 5.36. The molecule has 0 aromatic heterocycles. The molecule has 6 heteroatoms. The number of benzene rings is 3. The number of rotatable bonds is 7. The zero-order valence-corrected chi connectivity index (χ0v) is 19.2. The molecule has 0 radical (unpaired) electrons. The monoisotopic (exact) mass is 466 g/mol. The van der Waals surface area contributed by atoms with E-state index < -0.39 is 11.8 Å². The molecule has 0 spiro atoms. The quantitative estimate of drug-likeness (QED) is 0.353. The molecular formula is C29H23FN2O3. The number of nitrogens with zero attached hydrogens (tertiary/aromatic N) is 2. The average molecular weight is 467 g/mol. The Morgan fingerprint density at radius 2 is 1.63 bits per heavy atom. The SMILES string of the molecule is CC1=C(C#N)C(=O)N(CCc2ccccc2)C(=O)/C1=C/c1ccc(OCc2ccccc2F)cc1. The Bertz CT molecular complexity index is 1350. The molecule has 0 atom stereocenters. The minimum atomic E-state index is -0.569. The molecule has 3 aromatic rings. The van der Waals surface area contributed by atoms with Crippen molar-refractivity contribution in [3.8, 4) is 11.8 Å². The Kier molecular flexibility index (Phi) is 7.18. The smallest absolute Gasteiger partial charge is 0.271 e. The summed E-state index contributed by atoms with van der Waals surface area (Å²) in [5.41, 5.74) is 2.79. The van der Waals surface area contributed by atoms with Gasteiger partial charge in [0.25, 0.3) is 11.8 Å². The molecule has 0 bridgehead atoms. The number of nitriles is 1. The minimum absolute atomic E-state index is 0.0336. The highest BCUT2D eigenvalue weighted by Crippen LogP contribution is 2.28. The Morgan fingerprint density at radius 3 is 2.31 bits per heavy atom. The Labute approximate surface area is 203 Å². The van der Waals surface area contributed by atoms with E-state index in [-0.39, 0.29) is 24.5 Å². The van der Waals surface area contributed by atoms with Crippen LogP contribution in [0, 0.1) is 17.1 Å². The summed E-state index contributed by atoms with van der Waals surface area (Å²) in [6.07, 6.45) is 2.16. The molecule has 1 heterocycles. The largest absolute Gasteiger partial charge is 0.489 e. The molecular weight excluding hydrogens is 443 g/mol. The van der Waals surface area contributed by atoms with Crippen molar-refractivity contribution in [1.82, 2.24) is 4.90 Å². The highest BCUT2D eigenvalue weighted by atomic mass is 19.1.